The summed E-state index contributed by atoms with van der Waals surface area (Å²) in [4.78, 5) is 16.9. The number of hydrogen-bond donors (Lipinski definition) is 2. The fourth-order valence-electron chi connectivity index (χ4n) is 3.73. The molecule has 1 saturated carbocycles. The second kappa shape index (κ2) is 7.12. The van der Waals surface area contributed by atoms with E-state index >= 15 is 0 Å². The molecule has 5 rings (SSSR count). The summed E-state index contributed by atoms with van der Waals surface area (Å²) in [7, 11) is 0. The van der Waals surface area contributed by atoms with Crippen molar-refractivity contribution >= 4 is 22.5 Å². The molecule has 1 fully saturated rings. The highest BCUT2D eigenvalue weighted by molar-refractivity contribution is 6.05. The van der Waals surface area contributed by atoms with E-state index in [9.17, 15) is 4.79 Å². The van der Waals surface area contributed by atoms with E-state index in [1.807, 2.05) is 24.3 Å². The van der Waals surface area contributed by atoms with Gasteiger partial charge in [0.15, 0.2) is 0 Å². The number of aryl methyl sites for hydroxylation is 1. The third-order valence-electron chi connectivity index (χ3n) is 5.45. The van der Waals surface area contributed by atoms with Crippen LogP contribution in [0.5, 0.6) is 0 Å². The van der Waals surface area contributed by atoms with E-state index in [1.165, 1.54) is 24.6 Å². The molecule has 2 N–H and O–H groups in total. The maximum Gasteiger partial charge on any atom is 0.274 e. The second-order valence-electron chi connectivity index (χ2n) is 7.69. The van der Waals surface area contributed by atoms with Crippen LogP contribution in [0.25, 0.3) is 22.2 Å². The van der Waals surface area contributed by atoms with E-state index in [0.717, 1.165) is 22.2 Å². The third-order valence-corrected chi connectivity index (χ3v) is 5.45. The molecule has 2 aromatic carbocycles. The van der Waals surface area contributed by atoms with Gasteiger partial charge in [0.25, 0.3) is 5.91 Å². The minimum Gasteiger partial charge on any atom is -0.321 e. The van der Waals surface area contributed by atoms with Crippen LogP contribution in [0.3, 0.4) is 0 Å². The number of hydrogen-bond acceptors (Lipinski definition) is 4. The lowest BCUT2D eigenvalue weighted by Crippen LogP contribution is -2.15. The molecule has 1 amide bonds. The van der Waals surface area contributed by atoms with Crippen LogP contribution in [0.4, 0.5) is 5.69 Å². The van der Waals surface area contributed by atoms with Gasteiger partial charge >= 0.3 is 0 Å². The Morgan fingerprint density at radius 1 is 1.20 bits per heavy atom. The average Bonchev–Trinajstić information content (AvgIpc) is 3.53. The van der Waals surface area contributed by atoms with Crippen molar-refractivity contribution in [1.29, 1.82) is 5.26 Å². The second-order valence-corrected chi connectivity index (χ2v) is 7.69. The topological polar surface area (TPSA) is 94.5 Å². The number of pyridine rings is 1. The standard InChI is InChI=1S/C24H19N5O/c1-14-9-15(12-25)13-26-22(14)24(30)27-19-7-8-21-20(11-19)23(29-28-21)18-4-2-3-17(10-18)16-5-6-16/h2-4,7-11,13,16H,5-6H2,1H3,(H,27,30)(H,28,29). The van der Waals surface area contributed by atoms with Crippen LogP contribution < -0.4 is 5.32 Å². The van der Waals surface area contributed by atoms with Gasteiger partial charge in [-0.3, -0.25) is 9.89 Å². The molecule has 4 aromatic rings. The maximum atomic E-state index is 12.7. The van der Waals surface area contributed by atoms with Gasteiger partial charge in [0.2, 0.25) is 0 Å². The van der Waals surface area contributed by atoms with Gasteiger partial charge in [-0.2, -0.15) is 10.4 Å². The predicted molar refractivity (Wildman–Crippen MR) is 115 cm³/mol. The summed E-state index contributed by atoms with van der Waals surface area (Å²) in [6, 6.07) is 17.9. The van der Waals surface area contributed by atoms with Gasteiger partial charge in [-0.05, 0) is 67.1 Å². The summed E-state index contributed by atoms with van der Waals surface area (Å²) in [5.41, 5.74) is 6.27. The lowest BCUT2D eigenvalue weighted by molar-refractivity contribution is 0.102. The molecule has 6 nitrogen and oxygen atoms in total. The van der Waals surface area contributed by atoms with E-state index in [-0.39, 0.29) is 5.91 Å². The summed E-state index contributed by atoms with van der Waals surface area (Å²) in [5.74, 6) is 0.366. The van der Waals surface area contributed by atoms with Gasteiger partial charge in [-0.15, -0.1) is 0 Å². The van der Waals surface area contributed by atoms with E-state index in [2.05, 4.69) is 44.8 Å². The number of fused-ring (bicyclic) bond motifs is 1. The molecule has 1 aliphatic rings. The Labute approximate surface area is 173 Å². The van der Waals surface area contributed by atoms with Crippen molar-refractivity contribution < 1.29 is 4.79 Å². The Hall–Kier alpha value is -3.98. The zero-order chi connectivity index (χ0) is 20.7. The van der Waals surface area contributed by atoms with Crippen LogP contribution in [-0.2, 0) is 0 Å². The first-order chi connectivity index (χ1) is 14.6. The molecular weight excluding hydrogens is 374 g/mol. The van der Waals surface area contributed by atoms with Crippen molar-refractivity contribution in [2.75, 3.05) is 5.32 Å². The zero-order valence-electron chi connectivity index (χ0n) is 16.4. The lowest BCUT2D eigenvalue weighted by Gasteiger charge is -2.08. The number of amides is 1. The minimum absolute atomic E-state index is 0.304. The Bertz CT molecular complexity index is 1330. The van der Waals surface area contributed by atoms with Gasteiger partial charge in [0.1, 0.15) is 11.8 Å². The number of nitriles is 1. The summed E-state index contributed by atoms with van der Waals surface area (Å²) in [5, 5.41) is 20.4. The minimum atomic E-state index is -0.308. The van der Waals surface area contributed by atoms with Gasteiger partial charge in [0.05, 0.1) is 16.8 Å². The van der Waals surface area contributed by atoms with E-state index < -0.39 is 0 Å². The SMILES string of the molecule is Cc1cc(C#N)cnc1C(=O)Nc1ccc2[nH]nc(-c3cccc(C4CC4)c3)c2c1. The first-order valence-electron chi connectivity index (χ1n) is 9.89. The number of benzene rings is 2. The first-order valence-corrected chi connectivity index (χ1v) is 9.89. The van der Waals surface area contributed by atoms with Crippen molar-refractivity contribution in [2.24, 2.45) is 0 Å². The Morgan fingerprint density at radius 2 is 2.07 bits per heavy atom. The Morgan fingerprint density at radius 3 is 2.83 bits per heavy atom. The number of aromatic nitrogens is 3. The van der Waals surface area contributed by atoms with Gasteiger partial charge in [-0.25, -0.2) is 4.98 Å². The summed E-state index contributed by atoms with van der Waals surface area (Å²) in [6.45, 7) is 1.77. The number of aromatic amines is 1. The summed E-state index contributed by atoms with van der Waals surface area (Å²) >= 11 is 0. The number of nitrogens with zero attached hydrogens (tertiary/aromatic N) is 3. The van der Waals surface area contributed by atoms with Crippen LogP contribution in [0.15, 0.2) is 54.7 Å². The normalized spacial score (nSPS) is 13.2. The highest BCUT2D eigenvalue weighted by Gasteiger charge is 2.24. The number of rotatable bonds is 4. The van der Waals surface area contributed by atoms with Crippen LogP contribution in [0.1, 0.15) is 45.9 Å². The summed E-state index contributed by atoms with van der Waals surface area (Å²) in [6.07, 6.45) is 3.92. The van der Waals surface area contributed by atoms with Crippen molar-refractivity contribution in [3.8, 4) is 17.3 Å². The maximum absolute atomic E-state index is 12.7. The largest absolute Gasteiger partial charge is 0.321 e. The van der Waals surface area contributed by atoms with E-state index in [1.54, 1.807) is 13.0 Å². The molecule has 6 heteroatoms. The van der Waals surface area contributed by atoms with Crippen molar-refractivity contribution in [2.45, 2.75) is 25.7 Å². The number of H-pyrrole nitrogens is 1. The molecule has 0 bridgehead atoms. The zero-order valence-corrected chi connectivity index (χ0v) is 16.4. The molecule has 0 atom stereocenters. The molecule has 0 radical (unpaired) electrons. The van der Waals surface area contributed by atoms with Crippen LogP contribution in [-0.4, -0.2) is 21.1 Å². The smallest absolute Gasteiger partial charge is 0.274 e. The molecular formula is C24H19N5O. The van der Waals surface area contributed by atoms with E-state index in [4.69, 9.17) is 5.26 Å². The van der Waals surface area contributed by atoms with Crippen LogP contribution in [0, 0.1) is 18.3 Å². The monoisotopic (exact) mass is 393 g/mol. The fraction of sp³-hybridized carbons (Fsp3) is 0.167. The number of carbonyl (C=O) groups is 1. The highest BCUT2D eigenvalue weighted by Crippen LogP contribution is 2.41. The number of anilines is 1. The number of carbonyl (C=O) groups excluding carboxylic acids is 1. The van der Waals surface area contributed by atoms with Gasteiger partial charge < -0.3 is 5.32 Å². The molecule has 30 heavy (non-hydrogen) atoms. The number of nitrogens with one attached hydrogen (secondary N) is 2. The quantitative estimate of drug-likeness (QED) is 0.514. The average molecular weight is 393 g/mol. The molecule has 0 saturated heterocycles. The Balaban J connectivity index is 1.46. The van der Waals surface area contributed by atoms with Crippen molar-refractivity contribution in [3.05, 3.63) is 77.1 Å². The van der Waals surface area contributed by atoms with Crippen molar-refractivity contribution in [3.63, 3.8) is 0 Å². The molecule has 2 aromatic heterocycles. The molecule has 0 spiro atoms. The van der Waals surface area contributed by atoms with Crippen LogP contribution >= 0.6 is 0 Å². The highest BCUT2D eigenvalue weighted by atomic mass is 16.1. The van der Waals surface area contributed by atoms with E-state index in [0.29, 0.717) is 28.4 Å². The van der Waals surface area contributed by atoms with Crippen LogP contribution in [0.2, 0.25) is 0 Å². The van der Waals surface area contributed by atoms with Gasteiger partial charge in [-0.1, -0.05) is 18.2 Å². The molecule has 1 aliphatic carbocycles. The lowest BCUT2D eigenvalue weighted by atomic mass is 10.0. The van der Waals surface area contributed by atoms with Crippen molar-refractivity contribution in [1.82, 2.24) is 15.2 Å². The molecule has 2 heterocycles. The van der Waals surface area contributed by atoms with Gasteiger partial charge in [0, 0.05) is 22.8 Å². The fourth-order valence-corrected chi connectivity index (χ4v) is 3.73. The third kappa shape index (κ3) is 3.31. The Kier molecular flexibility index (Phi) is 4.29. The molecule has 0 unspecified atom stereocenters. The first kappa shape index (κ1) is 18.1. The summed E-state index contributed by atoms with van der Waals surface area (Å²) < 4.78 is 0. The molecule has 146 valence electrons. The predicted octanol–water partition coefficient (Wildman–Crippen LogP) is 4.93. The molecule has 0 aliphatic heterocycles.